The predicted octanol–water partition coefficient (Wildman–Crippen LogP) is 4.25. The monoisotopic (exact) mass is 277 g/mol. The molecule has 1 aliphatic rings. The Morgan fingerprint density at radius 2 is 1.81 bits per heavy atom. The average Bonchev–Trinajstić information content (AvgIpc) is 2.55. The predicted molar refractivity (Wildman–Crippen MR) is 89.7 cm³/mol. The lowest BCUT2D eigenvalue weighted by Gasteiger charge is -2.36. The van der Waals surface area contributed by atoms with Crippen LogP contribution in [0.2, 0.25) is 0 Å². The molecule has 0 saturated carbocycles. The van der Waals surface area contributed by atoms with Crippen molar-refractivity contribution in [3.8, 4) is 0 Å². The fourth-order valence-electron chi connectivity index (χ4n) is 3.49. The van der Waals surface area contributed by atoms with Crippen LogP contribution in [-0.2, 0) is 6.42 Å². The fraction of sp³-hybridized carbons (Fsp3) is 0.300. The first-order chi connectivity index (χ1) is 10.3. The van der Waals surface area contributed by atoms with E-state index >= 15 is 0 Å². The molecule has 21 heavy (non-hydrogen) atoms. The summed E-state index contributed by atoms with van der Waals surface area (Å²) in [5, 5.41) is 0. The van der Waals surface area contributed by atoms with E-state index in [1.807, 2.05) is 6.08 Å². The van der Waals surface area contributed by atoms with Gasteiger partial charge in [0.2, 0.25) is 0 Å². The molecule has 2 aromatic rings. The van der Waals surface area contributed by atoms with E-state index < -0.39 is 0 Å². The molecule has 108 valence electrons. The van der Waals surface area contributed by atoms with E-state index in [4.69, 9.17) is 0 Å². The van der Waals surface area contributed by atoms with Crippen LogP contribution in [0.25, 0.3) is 0 Å². The van der Waals surface area contributed by atoms with Gasteiger partial charge in [0.25, 0.3) is 0 Å². The van der Waals surface area contributed by atoms with Gasteiger partial charge in [0.1, 0.15) is 0 Å². The number of nitrogens with zero attached hydrogens (tertiary/aromatic N) is 1. The summed E-state index contributed by atoms with van der Waals surface area (Å²) in [4.78, 5) is 2.43. The van der Waals surface area contributed by atoms with Gasteiger partial charge in [-0.15, -0.1) is 6.58 Å². The van der Waals surface area contributed by atoms with Crippen LogP contribution in [-0.4, -0.2) is 24.5 Å². The van der Waals surface area contributed by atoms with Crippen LogP contribution in [0, 0.1) is 0 Å². The highest BCUT2D eigenvalue weighted by molar-refractivity contribution is 5.40. The summed E-state index contributed by atoms with van der Waals surface area (Å²) < 4.78 is 0. The lowest BCUT2D eigenvalue weighted by Crippen LogP contribution is -2.38. The van der Waals surface area contributed by atoms with Crippen molar-refractivity contribution in [2.24, 2.45) is 0 Å². The van der Waals surface area contributed by atoms with Gasteiger partial charge in [-0.1, -0.05) is 60.7 Å². The summed E-state index contributed by atoms with van der Waals surface area (Å²) in [5.41, 5.74) is 4.44. The Kier molecular flexibility index (Phi) is 4.21. The molecule has 0 aliphatic heterocycles. The first kappa shape index (κ1) is 14.1. The number of hydrogen-bond acceptors (Lipinski definition) is 1. The molecule has 1 aliphatic carbocycles. The minimum atomic E-state index is 0.508. The quantitative estimate of drug-likeness (QED) is 0.755. The molecule has 0 saturated heterocycles. The second kappa shape index (κ2) is 6.28. The Hall–Kier alpha value is -1.86. The third-order valence-electron chi connectivity index (χ3n) is 4.64. The maximum atomic E-state index is 3.88. The number of benzene rings is 2. The fourth-order valence-corrected chi connectivity index (χ4v) is 3.49. The van der Waals surface area contributed by atoms with E-state index in [2.05, 4.69) is 73.1 Å². The van der Waals surface area contributed by atoms with E-state index in [0.29, 0.717) is 12.0 Å². The molecule has 2 aromatic carbocycles. The van der Waals surface area contributed by atoms with E-state index in [1.54, 1.807) is 0 Å². The van der Waals surface area contributed by atoms with E-state index in [1.165, 1.54) is 23.1 Å². The maximum absolute atomic E-state index is 3.88. The van der Waals surface area contributed by atoms with Crippen molar-refractivity contribution in [2.75, 3.05) is 13.6 Å². The lowest BCUT2D eigenvalue weighted by molar-refractivity contribution is 0.235. The van der Waals surface area contributed by atoms with Gasteiger partial charge in [0.15, 0.2) is 0 Å². The number of fused-ring (bicyclic) bond motifs is 1. The molecule has 1 nitrogen and oxygen atoms in total. The largest absolute Gasteiger partial charge is 0.299 e. The van der Waals surface area contributed by atoms with Gasteiger partial charge in [-0.2, -0.15) is 0 Å². The third kappa shape index (κ3) is 2.93. The minimum Gasteiger partial charge on any atom is -0.299 e. The summed E-state index contributed by atoms with van der Waals surface area (Å²) in [6.45, 7) is 4.83. The molecule has 0 spiro atoms. The summed E-state index contributed by atoms with van der Waals surface area (Å²) in [6, 6.07) is 20.4. The Balaban J connectivity index is 1.96. The molecule has 3 rings (SSSR count). The van der Waals surface area contributed by atoms with Crippen molar-refractivity contribution in [3.63, 3.8) is 0 Å². The molecule has 1 heteroatoms. The lowest BCUT2D eigenvalue weighted by atomic mass is 9.76. The second-order valence-corrected chi connectivity index (χ2v) is 5.98. The Bertz CT molecular complexity index is 602. The molecule has 0 fully saturated rings. The molecule has 0 N–H and O–H groups in total. The van der Waals surface area contributed by atoms with Crippen molar-refractivity contribution >= 4 is 0 Å². The van der Waals surface area contributed by atoms with Crippen molar-refractivity contribution < 1.29 is 0 Å². The van der Waals surface area contributed by atoms with Gasteiger partial charge >= 0.3 is 0 Å². The molecule has 0 aromatic heterocycles. The van der Waals surface area contributed by atoms with E-state index in [0.717, 1.165) is 13.0 Å². The van der Waals surface area contributed by atoms with Crippen LogP contribution in [0.15, 0.2) is 67.3 Å². The van der Waals surface area contributed by atoms with Crippen LogP contribution >= 0.6 is 0 Å². The minimum absolute atomic E-state index is 0.508. The zero-order chi connectivity index (χ0) is 14.7. The van der Waals surface area contributed by atoms with Crippen molar-refractivity contribution in [2.45, 2.75) is 24.8 Å². The molecule has 0 amide bonds. The van der Waals surface area contributed by atoms with Crippen molar-refractivity contribution in [1.82, 2.24) is 4.90 Å². The number of rotatable bonds is 4. The zero-order valence-electron chi connectivity index (χ0n) is 12.7. The Morgan fingerprint density at radius 1 is 1.10 bits per heavy atom. The average molecular weight is 277 g/mol. The highest BCUT2D eigenvalue weighted by Crippen LogP contribution is 2.37. The van der Waals surface area contributed by atoms with Gasteiger partial charge in [0.05, 0.1) is 0 Å². The van der Waals surface area contributed by atoms with E-state index in [-0.39, 0.29) is 0 Å². The third-order valence-corrected chi connectivity index (χ3v) is 4.64. The van der Waals surface area contributed by atoms with Crippen LogP contribution in [0.1, 0.15) is 29.0 Å². The molecule has 0 bridgehead atoms. The first-order valence-corrected chi connectivity index (χ1v) is 7.73. The highest BCUT2D eigenvalue weighted by Gasteiger charge is 2.29. The van der Waals surface area contributed by atoms with Crippen molar-refractivity contribution in [1.29, 1.82) is 0 Å². The van der Waals surface area contributed by atoms with Gasteiger partial charge in [-0.3, -0.25) is 4.90 Å². The summed E-state index contributed by atoms with van der Waals surface area (Å²) >= 11 is 0. The molecular formula is C20H23N. The second-order valence-electron chi connectivity index (χ2n) is 5.98. The van der Waals surface area contributed by atoms with Crippen LogP contribution in [0.4, 0.5) is 0 Å². The summed E-state index contributed by atoms with van der Waals surface area (Å²) in [6.07, 6.45) is 4.33. The van der Waals surface area contributed by atoms with E-state index in [9.17, 15) is 0 Å². The standard InChI is InChI=1S/C20H23N/c1-3-13-21(2)18-14-17-11-7-8-12-19(17)20(15-18)16-9-5-4-6-10-16/h3-12,18,20H,1,13-15H2,2H3/t18-,20-/m1/s1. The zero-order valence-corrected chi connectivity index (χ0v) is 12.7. The molecule has 2 atom stereocenters. The van der Waals surface area contributed by atoms with Crippen LogP contribution < -0.4 is 0 Å². The molecule has 0 unspecified atom stereocenters. The maximum Gasteiger partial charge on any atom is 0.0160 e. The van der Waals surface area contributed by atoms with Crippen LogP contribution in [0.5, 0.6) is 0 Å². The molecule has 0 heterocycles. The summed E-state index contributed by atoms with van der Waals surface area (Å²) in [7, 11) is 2.21. The van der Waals surface area contributed by atoms with Crippen LogP contribution in [0.3, 0.4) is 0 Å². The molecular weight excluding hydrogens is 254 g/mol. The van der Waals surface area contributed by atoms with Gasteiger partial charge in [-0.05, 0) is 36.6 Å². The number of likely N-dealkylation sites (N-methyl/N-ethyl adjacent to an activating group) is 1. The van der Waals surface area contributed by atoms with Gasteiger partial charge in [0, 0.05) is 18.5 Å². The number of hydrogen-bond donors (Lipinski definition) is 0. The Labute approximate surface area is 127 Å². The normalized spacial score (nSPS) is 21.0. The Morgan fingerprint density at radius 3 is 2.57 bits per heavy atom. The van der Waals surface area contributed by atoms with Gasteiger partial charge in [-0.25, -0.2) is 0 Å². The smallest absolute Gasteiger partial charge is 0.0160 e. The van der Waals surface area contributed by atoms with Gasteiger partial charge < -0.3 is 0 Å². The van der Waals surface area contributed by atoms with Crippen molar-refractivity contribution in [3.05, 3.63) is 83.9 Å². The molecule has 0 radical (unpaired) electrons. The highest BCUT2D eigenvalue weighted by atomic mass is 15.1. The first-order valence-electron chi connectivity index (χ1n) is 7.73. The SMILES string of the molecule is C=CCN(C)[C@@H]1Cc2ccccc2[C@@H](c2ccccc2)C1. The topological polar surface area (TPSA) is 3.24 Å². The summed E-state index contributed by atoms with van der Waals surface area (Å²) in [5.74, 6) is 0.508.